The summed E-state index contributed by atoms with van der Waals surface area (Å²) in [4.78, 5) is 13.0. The van der Waals surface area contributed by atoms with Gasteiger partial charge in [-0.25, -0.2) is 4.79 Å². The Morgan fingerprint density at radius 1 is 1.50 bits per heavy atom. The Kier molecular flexibility index (Phi) is 4.97. The van der Waals surface area contributed by atoms with Crippen molar-refractivity contribution >= 4 is 17.3 Å². The summed E-state index contributed by atoms with van der Waals surface area (Å²) in [5.41, 5.74) is 7.06. The fourth-order valence-electron chi connectivity index (χ4n) is 1.70. The van der Waals surface area contributed by atoms with Crippen molar-refractivity contribution in [2.24, 2.45) is 0 Å². The zero-order chi connectivity index (χ0) is 13.7. The van der Waals surface area contributed by atoms with Gasteiger partial charge in [-0.2, -0.15) is 0 Å². The number of carbonyl (C=O) groups is 1. The molecule has 0 bridgehead atoms. The second kappa shape index (κ2) is 6.26. The van der Waals surface area contributed by atoms with Gasteiger partial charge in [0.15, 0.2) is 0 Å². The first-order valence-corrected chi connectivity index (χ1v) is 5.88. The number of nitrogens with two attached hydrogens (primary N) is 1. The van der Waals surface area contributed by atoms with Crippen molar-refractivity contribution in [3.05, 3.63) is 23.8 Å². The fraction of sp³-hybridized carbons (Fsp3) is 0.462. The van der Waals surface area contributed by atoms with E-state index in [0.717, 1.165) is 0 Å². The van der Waals surface area contributed by atoms with Gasteiger partial charge in [0.25, 0.3) is 0 Å². The quantitative estimate of drug-likeness (QED) is 0.755. The molecule has 0 aliphatic carbocycles. The van der Waals surface area contributed by atoms with Gasteiger partial charge in [0.05, 0.1) is 29.6 Å². The van der Waals surface area contributed by atoms with Crippen molar-refractivity contribution in [1.82, 2.24) is 0 Å². The summed E-state index contributed by atoms with van der Waals surface area (Å²) >= 11 is 0. The molecule has 0 heterocycles. The molecular formula is C13H20N2O3. The number of aromatic carboxylic acids is 1. The van der Waals surface area contributed by atoms with Gasteiger partial charge in [0.2, 0.25) is 0 Å². The van der Waals surface area contributed by atoms with Gasteiger partial charge in [-0.1, -0.05) is 6.07 Å². The van der Waals surface area contributed by atoms with E-state index in [-0.39, 0.29) is 11.7 Å². The summed E-state index contributed by atoms with van der Waals surface area (Å²) in [6, 6.07) is 4.89. The Morgan fingerprint density at radius 2 is 2.17 bits per heavy atom. The third kappa shape index (κ3) is 3.63. The highest BCUT2D eigenvalue weighted by molar-refractivity contribution is 5.97. The number of carboxylic acids is 1. The molecule has 1 rings (SSSR count). The maximum absolute atomic E-state index is 11.1. The van der Waals surface area contributed by atoms with Gasteiger partial charge in [-0.15, -0.1) is 0 Å². The number of para-hydroxylation sites is 1. The number of likely N-dealkylation sites (N-methyl/N-ethyl adjacent to an activating group) is 1. The number of hydrogen-bond acceptors (Lipinski definition) is 4. The number of hydrogen-bond donors (Lipinski definition) is 2. The van der Waals surface area contributed by atoms with Crippen LogP contribution in [0.3, 0.4) is 0 Å². The third-order valence-electron chi connectivity index (χ3n) is 2.56. The van der Waals surface area contributed by atoms with Crippen LogP contribution < -0.4 is 10.6 Å². The highest BCUT2D eigenvalue weighted by atomic mass is 16.5. The number of carboxylic acid groups (broad SMARTS) is 1. The molecule has 0 radical (unpaired) electrons. The van der Waals surface area contributed by atoms with Gasteiger partial charge in [-0.3, -0.25) is 0 Å². The van der Waals surface area contributed by atoms with E-state index < -0.39 is 5.97 Å². The average Bonchev–Trinajstić information content (AvgIpc) is 2.27. The molecule has 0 aliphatic heterocycles. The van der Waals surface area contributed by atoms with Crippen LogP contribution in [0.2, 0.25) is 0 Å². The minimum absolute atomic E-state index is 0.158. The van der Waals surface area contributed by atoms with Crippen LogP contribution in [0.1, 0.15) is 24.2 Å². The number of rotatable bonds is 6. The molecule has 0 aromatic heterocycles. The van der Waals surface area contributed by atoms with Crippen LogP contribution in [-0.2, 0) is 4.74 Å². The van der Waals surface area contributed by atoms with Gasteiger partial charge in [0.1, 0.15) is 0 Å². The lowest BCUT2D eigenvalue weighted by Gasteiger charge is -2.23. The molecule has 5 heteroatoms. The van der Waals surface area contributed by atoms with Crippen molar-refractivity contribution in [1.29, 1.82) is 0 Å². The Labute approximate surface area is 107 Å². The minimum Gasteiger partial charge on any atom is -0.478 e. The Balaban J connectivity index is 2.84. The van der Waals surface area contributed by atoms with Gasteiger partial charge < -0.3 is 20.5 Å². The smallest absolute Gasteiger partial charge is 0.337 e. The van der Waals surface area contributed by atoms with E-state index in [0.29, 0.717) is 24.5 Å². The van der Waals surface area contributed by atoms with E-state index in [9.17, 15) is 4.79 Å². The molecule has 100 valence electrons. The van der Waals surface area contributed by atoms with E-state index in [2.05, 4.69) is 0 Å². The predicted molar refractivity (Wildman–Crippen MR) is 72.2 cm³/mol. The molecule has 0 saturated heterocycles. The predicted octanol–water partition coefficient (Wildman–Crippen LogP) is 1.83. The molecule has 0 spiro atoms. The summed E-state index contributed by atoms with van der Waals surface area (Å²) < 4.78 is 5.44. The van der Waals surface area contributed by atoms with Crippen LogP contribution >= 0.6 is 0 Å². The largest absolute Gasteiger partial charge is 0.478 e. The highest BCUT2D eigenvalue weighted by Crippen LogP contribution is 2.26. The number of ether oxygens (including phenoxy) is 1. The maximum atomic E-state index is 11.1. The standard InChI is InChI=1S/C13H20N2O3/c1-9(2)18-8-7-15(3)12-10(13(16)17)5-4-6-11(12)14/h4-6,9H,7-8,14H2,1-3H3,(H,16,17). The Hall–Kier alpha value is -1.75. The monoisotopic (exact) mass is 252 g/mol. The van der Waals surface area contributed by atoms with Crippen molar-refractivity contribution in [2.45, 2.75) is 20.0 Å². The summed E-state index contributed by atoms with van der Waals surface area (Å²) in [5, 5.41) is 9.14. The fourth-order valence-corrected chi connectivity index (χ4v) is 1.70. The molecule has 1 aromatic carbocycles. The summed E-state index contributed by atoms with van der Waals surface area (Å²) in [6.45, 7) is 5.04. The number of anilines is 2. The molecule has 1 aromatic rings. The number of benzene rings is 1. The molecule has 0 unspecified atom stereocenters. The van der Waals surface area contributed by atoms with E-state index in [1.54, 1.807) is 23.1 Å². The van der Waals surface area contributed by atoms with Crippen LogP contribution in [0.4, 0.5) is 11.4 Å². The number of nitrogen functional groups attached to an aromatic ring is 1. The highest BCUT2D eigenvalue weighted by Gasteiger charge is 2.16. The molecular weight excluding hydrogens is 232 g/mol. The SMILES string of the molecule is CC(C)OCCN(C)c1c(N)cccc1C(=O)O. The third-order valence-corrected chi connectivity index (χ3v) is 2.56. The van der Waals surface area contributed by atoms with E-state index in [4.69, 9.17) is 15.6 Å². The lowest BCUT2D eigenvalue weighted by atomic mass is 10.1. The van der Waals surface area contributed by atoms with Gasteiger partial charge in [-0.05, 0) is 26.0 Å². The molecule has 0 saturated carbocycles. The molecule has 0 amide bonds. The van der Waals surface area contributed by atoms with Crippen molar-refractivity contribution in [3.8, 4) is 0 Å². The molecule has 0 fully saturated rings. The van der Waals surface area contributed by atoms with Crippen LogP contribution in [0.5, 0.6) is 0 Å². The average molecular weight is 252 g/mol. The van der Waals surface area contributed by atoms with E-state index in [1.165, 1.54) is 0 Å². The van der Waals surface area contributed by atoms with Crippen LogP contribution in [0, 0.1) is 0 Å². The molecule has 18 heavy (non-hydrogen) atoms. The van der Waals surface area contributed by atoms with Gasteiger partial charge >= 0.3 is 5.97 Å². The zero-order valence-electron chi connectivity index (χ0n) is 11.0. The van der Waals surface area contributed by atoms with E-state index in [1.807, 2.05) is 20.9 Å². The summed E-state index contributed by atoms with van der Waals surface area (Å²) in [7, 11) is 1.81. The first-order chi connectivity index (χ1) is 8.43. The molecule has 3 N–H and O–H groups in total. The molecule has 0 atom stereocenters. The van der Waals surface area contributed by atoms with Crippen molar-refractivity contribution < 1.29 is 14.6 Å². The summed E-state index contributed by atoms with van der Waals surface area (Å²) in [5.74, 6) is -0.978. The van der Waals surface area contributed by atoms with Crippen LogP contribution in [-0.4, -0.2) is 37.4 Å². The Morgan fingerprint density at radius 3 is 2.72 bits per heavy atom. The first-order valence-electron chi connectivity index (χ1n) is 5.88. The second-order valence-corrected chi connectivity index (χ2v) is 4.39. The number of nitrogens with zero attached hydrogens (tertiary/aromatic N) is 1. The van der Waals surface area contributed by atoms with Crippen LogP contribution in [0.25, 0.3) is 0 Å². The maximum Gasteiger partial charge on any atom is 0.337 e. The van der Waals surface area contributed by atoms with Crippen molar-refractivity contribution in [3.63, 3.8) is 0 Å². The molecule has 0 aliphatic rings. The van der Waals surface area contributed by atoms with Gasteiger partial charge in [0, 0.05) is 13.6 Å². The zero-order valence-corrected chi connectivity index (χ0v) is 11.0. The lowest BCUT2D eigenvalue weighted by Crippen LogP contribution is -2.26. The van der Waals surface area contributed by atoms with E-state index >= 15 is 0 Å². The minimum atomic E-state index is -0.978. The molecule has 5 nitrogen and oxygen atoms in total. The summed E-state index contributed by atoms with van der Waals surface area (Å²) in [6.07, 6.45) is 0.158. The lowest BCUT2D eigenvalue weighted by molar-refractivity contribution is 0.0696. The second-order valence-electron chi connectivity index (χ2n) is 4.39. The normalized spacial score (nSPS) is 10.7. The van der Waals surface area contributed by atoms with Crippen LogP contribution in [0.15, 0.2) is 18.2 Å². The topological polar surface area (TPSA) is 75.8 Å². The first kappa shape index (κ1) is 14.3. The Bertz CT molecular complexity index is 419. The van der Waals surface area contributed by atoms with Crippen molar-refractivity contribution in [2.75, 3.05) is 30.8 Å².